The van der Waals surface area contributed by atoms with Crippen LogP contribution in [0.1, 0.15) is 25.3 Å². The lowest BCUT2D eigenvalue weighted by Gasteiger charge is -2.16. The molecule has 1 aromatic carbocycles. The largest absolute Gasteiger partial charge is 0.376 e. The first-order chi connectivity index (χ1) is 7.59. The summed E-state index contributed by atoms with van der Waals surface area (Å²) < 4.78 is 0. The monoisotopic (exact) mass is 214 g/mol. The van der Waals surface area contributed by atoms with E-state index in [0.717, 1.165) is 0 Å². The minimum absolute atomic E-state index is 0.563. The molecule has 0 radical (unpaired) electrons. The number of fused-ring (bicyclic) bond motifs is 1. The van der Waals surface area contributed by atoms with E-state index in [4.69, 9.17) is 0 Å². The van der Waals surface area contributed by atoms with E-state index < -0.39 is 0 Å². The molecule has 16 heavy (non-hydrogen) atoms. The molecule has 0 saturated carbocycles. The van der Waals surface area contributed by atoms with Gasteiger partial charge in [0.2, 0.25) is 0 Å². The predicted octanol–water partition coefficient (Wildman–Crippen LogP) is 3.42. The molecule has 2 aromatic rings. The van der Waals surface area contributed by atoms with Gasteiger partial charge in [0.25, 0.3) is 0 Å². The zero-order valence-corrected chi connectivity index (χ0v) is 10.4. The van der Waals surface area contributed by atoms with Crippen molar-refractivity contribution in [1.29, 1.82) is 0 Å². The number of anilines is 1. The van der Waals surface area contributed by atoms with Crippen LogP contribution in [0.3, 0.4) is 0 Å². The van der Waals surface area contributed by atoms with Crippen molar-refractivity contribution in [2.24, 2.45) is 0 Å². The Morgan fingerprint density at radius 1 is 1.12 bits per heavy atom. The van der Waals surface area contributed by atoms with Gasteiger partial charge >= 0.3 is 0 Å². The van der Waals surface area contributed by atoms with Crippen LogP contribution in [-0.4, -0.2) is 19.1 Å². The Balaban J connectivity index is 2.68. The maximum atomic E-state index is 4.27. The summed E-state index contributed by atoms with van der Waals surface area (Å²) in [6.07, 6.45) is 3.85. The van der Waals surface area contributed by atoms with Crippen LogP contribution in [0.2, 0.25) is 0 Å². The van der Waals surface area contributed by atoms with Gasteiger partial charge in [-0.1, -0.05) is 26.0 Å². The lowest BCUT2D eigenvalue weighted by Crippen LogP contribution is -2.09. The summed E-state index contributed by atoms with van der Waals surface area (Å²) in [5.41, 5.74) is 2.56. The standard InChI is InChI=1S/C14H18N2/c1-10(2)11-5-6-12-8-15-9-14(16(3)4)13(12)7-11/h5-10H,1-4H3. The molecule has 0 atom stereocenters. The van der Waals surface area contributed by atoms with Crippen molar-refractivity contribution in [3.63, 3.8) is 0 Å². The number of hydrogen-bond donors (Lipinski definition) is 0. The summed E-state index contributed by atoms with van der Waals surface area (Å²) in [5.74, 6) is 0.563. The first-order valence-electron chi connectivity index (χ1n) is 5.64. The van der Waals surface area contributed by atoms with E-state index in [-0.39, 0.29) is 0 Å². The Morgan fingerprint density at radius 3 is 2.50 bits per heavy atom. The number of benzene rings is 1. The molecule has 0 fully saturated rings. The summed E-state index contributed by atoms with van der Waals surface area (Å²) in [4.78, 5) is 6.38. The van der Waals surface area contributed by atoms with Gasteiger partial charge in [-0.2, -0.15) is 0 Å². The number of rotatable bonds is 2. The highest BCUT2D eigenvalue weighted by atomic mass is 15.1. The number of nitrogens with zero attached hydrogens (tertiary/aromatic N) is 2. The van der Waals surface area contributed by atoms with E-state index >= 15 is 0 Å². The van der Waals surface area contributed by atoms with Crippen molar-refractivity contribution in [3.05, 3.63) is 36.2 Å². The van der Waals surface area contributed by atoms with Gasteiger partial charge in [0.15, 0.2) is 0 Å². The second-order valence-corrected chi connectivity index (χ2v) is 4.69. The fourth-order valence-electron chi connectivity index (χ4n) is 1.88. The Morgan fingerprint density at radius 2 is 1.88 bits per heavy atom. The molecule has 2 heteroatoms. The molecule has 0 aliphatic rings. The van der Waals surface area contributed by atoms with Crippen molar-refractivity contribution in [3.8, 4) is 0 Å². The van der Waals surface area contributed by atoms with Gasteiger partial charge in [-0.15, -0.1) is 0 Å². The molecule has 84 valence electrons. The van der Waals surface area contributed by atoms with Gasteiger partial charge < -0.3 is 4.90 Å². The lowest BCUT2D eigenvalue weighted by molar-refractivity contribution is 0.868. The van der Waals surface area contributed by atoms with Gasteiger partial charge in [0.1, 0.15) is 0 Å². The lowest BCUT2D eigenvalue weighted by atomic mass is 9.99. The van der Waals surface area contributed by atoms with Gasteiger partial charge in [0, 0.05) is 31.1 Å². The highest BCUT2D eigenvalue weighted by molar-refractivity contribution is 5.93. The third-order valence-electron chi connectivity index (χ3n) is 2.91. The third-order valence-corrected chi connectivity index (χ3v) is 2.91. The van der Waals surface area contributed by atoms with E-state index in [9.17, 15) is 0 Å². The Hall–Kier alpha value is -1.57. The Bertz CT molecular complexity index is 501. The van der Waals surface area contributed by atoms with Crippen LogP contribution < -0.4 is 4.90 Å². The van der Waals surface area contributed by atoms with Crippen molar-refractivity contribution < 1.29 is 0 Å². The van der Waals surface area contributed by atoms with Crippen LogP contribution in [-0.2, 0) is 0 Å². The molecule has 0 aliphatic heterocycles. The van der Waals surface area contributed by atoms with E-state index in [0.29, 0.717) is 5.92 Å². The van der Waals surface area contributed by atoms with Gasteiger partial charge in [0.05, 0.1) is 11.9 Å². The first-order valence-corrected chi connectivity index (χ1v) is 5.64. The quantitative estimate of drug-likeness (QED) is 0.761. The van der Waals surface area contributed by atoms with E-state index in [1.165, 1.54) is 22.0 Å². The molecule has 2 rings (SSSR count). The fraction of sp³-hybridized carbons (Fsp3) is 0.357. The molecule has 0 saturated heterocycles. The zero-order chi connectivity index (χ0) is 11.7. The van der Waals surface area contributed by atoms with Crippen LogP contribution in [0.4, 0.5) is 5.69 Å². The second kappa shape index (κ2) is 4.12. The van der Waals surface area contributed by atoms with E-state index in [2.05, 4.69) is 56.0 Å². The van der Waals surface area contributed by atoms with Crippen LogP contribution in [0.25, 0.3) is 10.8 Å². The summed E-state index contributed by atoms with van der Waals surface area (Å²) in [6.45, 7) is 4.44. The number of hydrogen-bond acceptors (Lipinski definition) is 2. The molecule has 0 bridgehead atoms. The molecule has 0 N–H and O–H groups in total. The molecular weight excluding hydrogens is 196 g/mol. The fourth-order valence-corrected chi connectivity index (χ4v) is 1.88. The highest BCUT2D eigenvalue weighted by Crippen LogP contribution is 2.27. The molecule has 0 unspecified atom stereocenters. The molecule has 1 heterocycles. The van der Waals surface area contributed by atoms with Crippen molar-refractivity contribution in [2.45, 2.75) is 19.8 Å². The summed E-state index contributed by atoms with van der Waals surface area (Å²) in [6, 6.07) is 6.62. The van der Waals surface area contributed by atoms with Crippen LogP contribution in [0.5, 0.6) is 0 Å². The number of aromatic nitrogens is 1. The van der Waals surface area contributed by atoms with Crippen LogP contribution in [0, 0.1) is 0 Å². The van der Waals surface area contributed by atoms with Gasteiger partial charge in [-0.05, 0) is 17.5 Å². The van der Waals surface area contributed by atoms with Gasteiger partial charge in [-0.25, -0.2) is 0 Å². The SMILES string of the molecule is CC(C)c1ccc2cncc(N(C)C)c2c1. The molecule has 0 spiro atoms. The molecule has 2 nitrogen and oxygen atoms in total. The minimum atomic E-state index is 0.563. The molecule has 0 amide bonds. The normalized spacial score (nSPS) is 11.1. The third kappa shape index (κ3) is 1.87. The Kier molecular flexibility index (Phi) is 2.82. The highest BCUT2D eigenvalue weighted by Gasteiger charge is 2.06. The summed E-state index contributed by atoms with van der Waals surface area (Å²) >= 11 is 0. The second-order valence-electron chi connectivity index (χ2n) is 4.69. The average molecular weight is 214 g/mol. The van der Waals surface area contributed by atoms with Crippen molar-refractivity contribution in [2.75, 3.05) is 19.0 Å². The Labute approximate surface area is 96.9 Å². The topological polar surface area (TPSA) is 16.1 Å². The summed E-state index contributed by atoms with van der Waals surface area (Å²) in [7, 11) is 4.11. The minimum Gasteiger partial charge on any atom is -0.376 e. The van der Waals surface area contributed by atoms with Crippen molar-refractivity contribution >= 4 is 16.5 Å². The van der Waals surface area contributed by atoms with Crippen molar-refractivity contribution in [1.82, 2.24) is 4.98 Å². The molecular formula is C14H18N2. The van der Waals surface area contributed by atoms with E-state index in [1.54, 1.807) is 0 Å². The van der Waals surface area contributed by atoms with E-state index in [1.807, 2.05) is 12.4 Å². The van der Waals surface area contributed by atoms with Crippen LogP contribution >= 0.6 is 0 Å². The number of pyridine rings is 1. The maximum Gasteiger partial charge on any atom is 0.0627 e. The first kappa shape index (κ1) is 10.9. The van der Waals surface area contributed by atoms with Gasteiger partial charge in [-0.3, -0.25) is 4.98 Å². The molecule has 0 aliphatic carbocycles. The predicted molar refractivity (Wildman–Crippen MR) is 70.2 cm³/mol. The van der Waals surface area contributed by atoms with Crippen LogP contribution in [0.15, 0.2) is 30.6 Å². The smallest absolute Gasteiger partial charge is 0.0627 e. The molecule has 1 aromatic heterocycles. The summed E-state index contributed by atoms with van der Waals surface area (Å²) in [5, 5.41) is 2.49. The zero-order valence-electron chi connectivity index (χ0n) is 10.4. The maximum absolute atomic E-state index is 4.27. The average Bonchev–Trinajstić information content (AvgIpc) is 2.27.